The molecule has 1 aliphatic rings. The van der Waals surface area contributed by atoms with Gasteiger partial charge in [-0.3, -0.25) is 10.1 Å². The van der Waals surface area contributed by atoms with Crippen LogP contribution in [0.15, 0.2) is 60.8 Å². The lowest BCUT2D eigenvalue weighted by Crippen LogP contribution is -2.52. The number of carbonyl (C=O) groups is 1. The number of rotatable bonds is 7. The van der Waals surface area contributed by atoms with Gasteiger partial charge in [0.1, 0.15) is 11.6 Å². The smallest absolute Gasteiger partial charge is 0.361 e. The first-order valence-electron chi connectivity index (χ1n) is 9.97. The summed E-state index contributed by atoms with van der Waals surface area (Å²) in [7, 11) is 0. The molecule has 0 saturated heterocycles. The molecule has 1 heterocycles. The monoisotopic (exact) mass is 426 g/mol. The molecule has 1 aliphatic carbocycles. The van der Waals surface area contributed by atoms with E-state index in [1.807, 2.05) is 24.3 Å². The van der Waals surface area contributed by atoms with Gasteiger partial charge in [-0.1, -0.05) is 48.5 Å². The number of hydrogen-bond donors (Lipinski definition) is 3. The van der Waals surface area contributed by atoms with E-state index >= 15 is 0 Å². The molecule has 160 valence electrons. The molecule has 2 atom stereocenters. The van der Waals surface area contributed by atoms with E-state index in [1.54, 1.807) is 12.3 Å². The highest BCUT2D eigenvalue weighted by molar-refractivity contribution is 5.87. The number of alkyl halides is 3. The molecule has 0 radical (unpaired) electrons. The standard InChI is InChI=1S/C23H21F3N4O/c24-23(25,26)20(15-6-2-1-3-7-15)29-19(21(31)30-22(14-27)10-11-22)12-16-13-28-18-9-5-4-8-17(16)18/h1-9,13,19-20,28-29H,10-12H2,(H,30,31)/t19-,20+/m1/s1. The maximum atomic E-state index is 13.9. The van der Waals surface area contributed by atoms with Crippen molar-refractivity contribution in [3.05, 3.63) is 71.9 Å². The minimum absolute atomic E-state index is 0.0214. The summed E-state index contributed by atoms with van der Waals surface area (Å²) in [6.45, 7) is 0. The minimum Gasteiger partial charge on any atom is -0.361 e. The third-order valence-electron chi connectivity index (χ3n) is 5.57. The van der Waals surface area contributed by atoms with Crippen LogP contribution in [0.1, 0.15) is 30.0 Å². The van der Waals surface area contributed by atoms with Gasteiger partial charge in [0.05, 0.1) is 12.1 Å². The van der Waals surface area contributed by atoms with Crippen LogP contribution in [0.5, 0.6) is 0 Å². The van der Waals surface area contributed by atoms with Gasteiger partial charge in [0.2, 0.25) is 5.91 Å². The van der Waals surface area contributed by atoms with Crippen LogP contribution in [0.4, 0.5) is 13.2 Å². The molecular formula is C23H21F3N4O. The van der Waals surface area contributed by atoms with Crippen LogP contribution in [-0.2, 0) is 11.2 Å². The highest BCUT2D eigenvalue weighted by Crippen LogP contribution is 2.36. The van der Waals surface area contributed by atoms with Crippen molar-refractivity contribution in [3.63, 3.8) is 0 Å². The number of halogens is 3. The highest BCUT2D eigenvalue weighted by atomic mass is 19.4. The number of para-hydroxylation sites is 1. The van der Waals surface area contributed by atoms with E-state index in [2.05, 4.69) is 21.7 Å². The Morgan fingerprint density at radius 1 is 1.13 bits per heavy atom. The van der Waals surface area contributed by atoms with Gasteiger partial charge >= 0.3 is 6.18 Å². The number of nitrogens with one attached hydrogen (secondary N) is 3. The minimum atomic E-state index is -4.60. The van der Waals surface area contributed by atoms with Gasteiger partial charge in [0.15, 0.2) is 0 Å². The molecule has 1 saturated carbocycles. The van der Waals surface area contributed by atoms with Gasteiger partial charge in [-0.25, -0.2) is 0 Å². The SMILES string of the molecule is N#CC1(NC(=O)[C@@H](Cc2c[nH]c3ccccc23)N[C@@H](c2ccccc2)C(F)(F)F)CC1. The average Bonchev–Trinajstić information content (AvgIpc) is 3.41. The molecule has 2 aromatic carbocycles. The van der Waals surface area contributed by atoms with Crippen LogP contribution in [0.3, 0.4) is 0 Å². The number of aromatic nitrogens is 1. The zero-order valence-electron chi connectivity index (χ0n) is 16.5. The van der Waals surface area contributed by atoms with E-state index < -0.39 is 29.7 Å². The van der Waals surface area contributed by atoms with Crippen molar-refractivity contribution in [2.45, 2.75) is 43.1 Å². The second-order valence-electron chi connectivity index (χ2n) is 7.85. The fraction of sp³-hybridized carbons (Fsp3) is 0.304. The Bertz CT molecular complexity index is 1110. The molecule has 1 fully saturated rings. The summed E-state index contributed by atoms with van der Waals surface area (Å²) in [6.07, 6.45) is -1.87. The molecule has 0 aliphatic heterocycles. The van der Waals surface area contributed by atoms with E-state index in [9.17, 15) is 23.2 Å². The highest BCUT2D eigenvalue weighted by Gasteiger charge is 2.47. The Morgan fingerprint density at radius 2 is 1.81 bits per heavy atom. The second-order valence-corrected chi connectivity index (χ2v) is 7.85. The third kappa shape index (κ3) is 4.57. The summed E-state index contributed by atoms with van der Waals surface area (Å²) >= 11 is 0. The molecule has 4 rings (SSSR count). The molecule has 3 N–H and O–H groups in total. The van der Waals surface area contributed by atoms with Crippen molar-refractivity contribution < 1.29 is 18.0 Å². The summed E-state index contributed by atoms with van der Waals surface area (Å²) < 4.78 is 41.8. The molecule has 3 aromatic rings. The largest absolute Gasteiger partial charge is 0.407 e. The van der Waals surface area contributed by atoms with Gasteiger partial charge in [0, 0.05) is 17.1 Å². The number of nitrogens with zero attached hydrogens (tertiary/aromatic N) is 1. The number of benzene rings is 2. The zero-order valence-corrected chi connectivity index (χ0v) is 16.5. The first kappa shape index (κ1) is 20.9. The van der Waals surface area contributed by atoms with Crippen molar-refractivity contribution in [2.75, 3.05) is 0 Å². The number of amides is 1. The molecule has 1 amide bonds. The van der Waals surface area contributed by atoms with Gasteiger partial charge in [-0.15, -0.1) is 0 Å². The summed E-state index contributed by atoms with van der Waals surface area (Å²) in [6, 6.07) is 13.7. The topological polar surface area (TPSA) is 80.7 Å². The second kappa shape index (κ2) is 8.08. The predicted molar refractivity (Wildman–Crippen MR) is 110 cm³/mol. The lowest BCUT2D eigenvalue weighted by atomic mass is 10.00. The molecule has 31 heavy (non-hydrogen) atoms. The Kier molecular flexibility index (Phi) is 5.46. The molecule has 5 nitrogen and oxygen atoms in total. The third-order valence-corrected chi connectivity index (χ3v) is 5.57. The maximum Gasteiger partial charge on any atom is 0.407 e. The first-order chi connectivity index (χ1) is 14.8. The molecule has 1 aromatic heterocycles. The summed E-state index contributed by atoms with van der Waals surface area (Å²) in [5.41, 5.74) is 0.604. The van der Waals surface area contributed by atoms with Crippen LogP contribution in [-0.4, -0.2) is 28.6 Å². The molecule has 0 spiro atoms. The van der Waals surface area contributed by atoms with Crippen LogP contribution in [0.2, 0.25) is 0 Å². The van der Waals surface area contributed by atoms with Crippen LogP contribution in [0, 0.1) is 11.3 Å². The fourth-order valence-corrected chi connectivity index (χ4v) is 3.69. The fourth-order valence-electron chi connectivity index (χ4n) is 3.69. The predicted octanol–water partition coefficient (Wildman–Crippen LogP) is 4.14. The molecular weight excluding hydrogens is 405 g/mol. The Balaban J connectivity index is 1.65. The van der Waals surface area contributed by atoms with E-state index in [4.69, 9.17) is 0 Å². The van der Waals surface area contributed by atoms with Crippen molar-refractivity contribution in [3.8, 4) is 6.07 Å². The quantitative estimate of drug-likeness (QED) is 0.531. The van der Waals surface area contributed by atoms with Gasteiger partial charge in [-0.2, -0.15) is 18.4 Å². The lowest BCUT2D eigenvalue weighted by molar-refractivity contribution is -0.160. The summed E-state index contributed by atoms with van der Waals surface area (Å²) in [5, 5.41) is 15.3. The number of aromatic amines is 1. The van der Waals surface area contributed by atoms with Gasteiger partial charge in [-0.05, 0) is 36.5 Å². The van der Waals surface area contributed by atoms with Crippen LogP contribution >= 0.6 is 0 Å². The summed E-state index contributed by atoms with van der Waals surface area (Å²) in [5.74, 6) is -0.616. The lowest BCUT2D eigenvalue weighted by Gasteiger charge is -2.28. The zero-order chi connectivity index (χ0) is 22.1. The van der Waals surface area contributed by atoms with Crippen molar-refractivity contribution in [2.24, 2.45) is 0 Å². The molecule has 8 heteroatoms. The number of hydrogen-bond acceptors (Lipinski definition) is 3. The number of carbonyl (C=O) groups excluding carboxylic acids is 1. The van der Waals surface area contributed by atoms with Crippen molar-refractivity contribution in [1.29, 1.82) is 5.26 Å². The molecule has 0 unspecified atom stereocenters. The van der Waals surface area contributed by atoms with Crippen LogP contribution in [0.25, 0.3) is 10.9 Å². The molecule has 0 bridgehead atoms. The number of H-pyrrole nitrogens is 1. The van der Waals surface area contributed by atoms with E-state index in [0.717, 1.165) is 16.5 Å². The van der Waals surface area contributed by atoms with E-state index in [0.29, 0.717) is 12.8 Å². The Hall–Kier alpha value is -3.31. The number of fused-ring (bicyclic) bond motifs is 1. The number of nitriles is 1. The maximum absolute atomic E-state index is 13.9. The van der Waals surface area contributed by atoms with E-state index in [-0.39, 0.29) is 12.0 Å². The van der Waals surface area contributed by atoms with Gasteiger partial charge < -0.3 is 10.3 Å². The summed E-state index contributed by atoms with van der Waals surface area (Å²) in [4.78, 5) is 16.1. The average molecular weight is 426 g/mol. The van der Waals surface area contributed by atoms with E-state index in [1.165, 1.54) is 24.3 Å². The Labute approximate surface area is 177 Å². The first-order valence-corrected chi connectivity index (χ1v) is 9.97. The van der Waals surface area contributed by atoms with Crippen LogP contribution < -0.4 is 10.6 Å². The van der Waals surface area contributed by atoms with Crippen molar-refractivity contribution >= 4 is 16.8 Å². The van der Waals surface area contributed by atoms with Gasteiger partial charge in [0.25, 0.3) is 0 Å². The van der Waals surface area contributed by atoms with Crippen molar-refractivity contribution in [1.82, 2.24) is 15.6 Å². The normalized spacial score (nSPS) is 17.0. The Morgan fingerprint density at radius 3 is 2.45 bits per heavy atom.